The van der Waals surface area contributed by atoms with Crippen molar-refractivity contribution in [3.05, 3.63) is 130 Å². The number of carbonyl (C=O) groups is 6. The molecule has 4 aromatic carbocycles. The minimum Gasteiger partial charge on any atom is -0.465 e. The number of carbonyl (C=O) groups excluding carboxylic acids is 4. The number of amides is 6. The number of primary amides is 2. The van der Waals surface area contributed by atoms with Crippen molar-refractivity contribution in [1.29, 1.82) is 0 Å². The first-order valence-electron chi connectivity index (χ1n) is 23.3. The number of H-pyrrole nitrogens is 1. The first-order valence-corrected chi connectivity index (χ1v) is 23.3. The molecule has 2 aliphatic heterocycles. The smallest absolute Gasteiger partial charge is 0.408 e. The summed E-state index contributed by atoms with van der Waals surface area (Å²) in [5.41, 5.74) is 14.2. The average molecular weight is 924 g/mol. The van der Waals surface area contributed by atoms with E-state index in [4.69, 9.17) is 11.5 Å². The van der Waals surface area contributed by atoms with Gasteiger partial charge in [0, 0.05) is 46.3 Å². The molecule has 356 valence electrons. The summed E-state index contributed by atoms with van der Waals surface area (Å²) < 4.78 is 0. The van der Waals surface area contributed by atoms with Gasteiger partial charge >= 0.3 is 12.2 Å². The maximum absolute atomic E-state index is 15.0. The molecular weight excluding hydrogens is 863 g/mol. The van der Waals surface area contributed by atoms with E-state index < -0.39 is 70.1 Å². The van der Waals surface area contributed by atoms with Gasteiger partial charge in [-0.25, -0.2) is 9.59 Å². The highest BCUT2D eigenvalue weighted by Gasteiger charge is 2.55. The maximum Gasteiger partial charge on any atom is 0.408 e. The van der Waals surface area contributed by atoms with Gasteiger partial charge in [-0.2, -0.15) is 0 Å². The van der Waals surface area contributed by atoms with Crippen LogP contribution in [0.4, 0.5) is 9.59 Å². The highest BCUT2D eigenvalue weighted by atomic mass is 16.4. The van der Waals surface area contributed by atoms with Crippen molar-refractivity contribution in [3.8, 4) is 11.3 Å². The standard InChI is InChI=1S/C53H61N7O8/c1-50(2,3)59(48(65)66)42(32-16-9-7-10-17-32)44(61)57-28-14-26-52(57,46(54)63)35-22-24-37-34(30-35)20-13-21-38-39-31-36(23-25-40(39)56-41(37)38)53(47(55)64)27-15-29-58(53)45(62)43(33-18-11-8-12-19-33)60(49(67)68)51(4,5)6/h7-12,16-19,22-25,30-31,42-43,56H,13-15,20-21,26-29H2,1-6H3,(H2,54,63)(H2,55,64)(H,65,66)(H,67,68)/t42-,43-,52+,53+/m1/s1. The fraction of sp³-hybridized carbons (Fsp3) is 0.396. The number of likely N-dealkylation sites (tertiary alicyclic amines) is 2. The van der Waals surface area contributed by atoms with Gasteiger partial charge < -0.3 is 36.5 Å². The van der Waals surface area contributed by atoms with E-state index in [1.807, 2.05) is 36.4 Å². The Hall–Kier alpha value is -7.16. The van der Waals surface area contributed by atoms with Crippen molar-refractivity contribution in [2.45, 2.75) is 121 Å². The van der Waals surface area contributed by atoms with Gasteiger partial charge in [0.2, 0.25) is 11.8 Å². The SMILES string of the molecule is CC(C)(C)N(C(=O)O)[C@@H](C(=O)N1CCC[C@@]1(C(N)=O)c1ccc2c(c1)CCCc1c-2[nH]c2ccc([C@]3(C(N)=O)CCCN3C(=O)[C@@H](c3ccccc3)N(C(=O)O)C(C)(C)C)cc12)c1ccccc1. The molecule has 2 fully saturated rings. The second-order valence-electron chi connectivity index (χ2n) is 20.4. The fourth-order valence-corrected chi connectivity index (χ4v) is 11.3. The molecule has 6 amide bonds. The van der Waals surface area contributed by atoms with Crippen LogP contribution in [0.5, 0.6) is 0 Å². The van der Waals surface area contributed by atoms with Crippen molar-refractivity contribution in [1.82, 2.24) is 24.6 Å². The monoisotopic (exact) mass is 923 g/mol. The normalized spacial score (nSPS) is 20.2. The number of carboxylic acid groups (broad SMARTS) is 2. The summed E-state index contributed by atoms with van der Waals surface area (Å²) in [4.78, 5) is 92.7. The Kier molecular flexibility index (Phi) is 12.2. The Bertz CT molecular complexity index is 2810. The van der Waals surface area contributed by atoms with E-state index >= 15 is 9.59 Å². The molecule has 0 radical (unpaired) electrons. The summed E-state index contributed by atoms with van der Waals surface area (Å²) in [5.74, 6) is -2.48. The molecule has 8 rings (SSSR count). The fourth-order valence-electron chi connectivity index (χ4n) is 11.3. The quantitative estimate of drug-likeness (QED) is 0.0922. The molecule has 4 atom stereocenters. The molecule has 0 bridgehead atoms. The number of nitrogens with zero attached hydrogens (tertiary/aromatic N) is 4. The van der Waals surface area contributed by atoms with Crippen molar-refractivity contribution in [3.63, 3.8) is 0 Å². The molecule has 2 saturated heterocycles. The minimum atomic E-state index is -1.57. The van der Waals surface area contributed by atoms with Crippen LogP contribution in [0.25, 0.3) is 22.2 Å². The summed E-state index contributed by atoms with van der Waals surface area (Å²) in [6, 6.07) is 26.3. The molecule has 68 heavy (non-hydrogen) atoms. The van der Waals surface area contributed by atoms with E-state index in [-0.39, 0.29) is 25.9 Å². The summed E-state index contributed by atoms with van der Waals surface area (Å²) >= 11 is 0. The molecule has 15 heteroatoms. The number of rotatable bonds is 10. The molecular formula is C53H61N7O8. The van der Waals surface area contributed by atoms with E-state index in [1.165, 1.54) is 9.80 Å². The lowest BCUT2D eigenvalue weighted by molar-refractivity contribution is -0.149. The molecule has 3 heterocycles. The van der Waals surface area contributed by atoms with Gasteiger partial charge in [0.05, 0.1) is 0 Å². The lowest BCUT2D eigenvalue weighted by atomic mass is 9.83. The number of aryl methyl sites for hydroxylation is 2. The van der Waals surface area contributed by atoms with Crippen molar-refractivity contribution >= 4 is 46.7 Å². The van der Waals surface area contributed by atoms with Gasteiger partial charge in [-0.15, -0.1) is 0 Å². The van der Waals surface area contributed by atoms with Crippen LogP contribution in [-0.4, -0.2) is 94.8 Å². The molecule has 5 aromatic rings. The Morgan fingerprint density at radius 3 is 1.51 bits per heavy atom. The number of nitrogens with two attached hydrogens (primary N) is 2. The number of fused-ring (bicyclic) bond motifs is 5. The van der Waals surface area contributed by atoms with Crippen LogP contribution in [0.2, 0.25) is 0 Å². The van der Waals surface area contributed by atoms with E-state index in [1.54, 1.807) is 102 Å². The number of nitrogens with one attached hydrogen (secondary N) is 1. The van der Waals surface area contributed by atoms with Gasteiger partial charge in [0.25, 0.3) is 11.8 Å². The average Bonchev–Trinajstić information content (AvgIpc) is 4.00. The molecule has 0 saturated carbocycles. The molecule has 0 unspecified atom stereocenters. The highest BCUT2D eigenvalue weighted by molar-refractivity contribution is 5.99. The summed E-state index contributed by atoms with van der Waals surface area (Å²) in [5, 5.41) is 21.9. The lowest BCUT2D eigenvalue weighted by Crippen LogP contribution is -2.58. The van der Waals surface area contributed by atoms with Crippen LogP contribution in [-0.2, 0) is 43.1 Å². The Balaban J connectivity index is 1.19. The van der Waals surface area contributed by atoms with E-state index in [0.29, 0.717) is 54.4 Å². The summed E-state index contributed by atoms with van der Waals surface area (Å²) in [6.07, 6.45) is 0.892. The number of hydrogen-bond acceptors (Lipinski definition) is 6. The number of benzene rings is 4. The number of aromatic nitrogens is 1. The Morgan fingerprint density at radius 1 is 0.618 bits per heavy atom. The Morgan fingerprint density at radius 2 is 1.07 bits per heavy atom. The third-order valence-electron chi connectivity index (χ3n) is 14.3. The van der Waals surface area contributed by atoms with Crippen LogP contribution in [0.1, 0.15) is 119 Å². The molecule has 7 N–H and O–H groups in total. The first-order chi connectivity index (χ1) is 32.1. The van der Waals surface area contributed by atoms with Crippen LogP contribution < -0.4 is 11.5 Å². The summed E-state index contributed by atoms with van der Waals surface area (Å²) in [6.45, 7) is 10.8. The van der Waals surface area contributed by atoms with Crippen LogP contribution >= 0.6 is 0 Å². The molecule has 15 nitrogen and oxygen atoms in total. The molecule has 3 aliphatic rings. The van der Waals surface area contributed by atoms with Crippen molar-refractivity contribution in [2.75, 3.05) is 13.1 Å². The van der Waals surface area contributed by atoms with Gasteiger partial charge in [-0.05, 0) is 132 Å². The van der Waals surface area contributed by atoms with Crippen LogP contribution in [0.3, 0.4) is 0 Å². The minimum absolute atomic E-state index is 0.193. The predicted molar refractivity (Wildman–Crippen MR) is 257 cm³/mol. The Labute approximate surface area is 396 Å². The van der Waals surface area contributed by atoms with E-state index in [9.17, 15) is 29.4 Å². The zero-order valence-corrected chi connectivity index (χ0v) is 39.5. The van der Waals surface area contributed by atoms with Gasteiger partial charge in [0.15, 0.2) is 0 Å². The van der Waals surface area contributed by atoms with Crippen LogP contribution in [0.15, 0.2) is 97.1 Å². The zero-order valence-electron chi connectivity index (χ0n) is 39.5. The molecule has 1 aliphatic carbocycles. The first kappa shape index (κ1) is 47.3. The zero-order chi connectivity index (χ0) is 49.1. The van der Waals surface area contributed by atoms with Crippen molar-refractivity contribution < 1.29 is 39.0 Å². The van der Waals surface area contributed by atoms with Gasteiger partial charge in [0.1, 0.15) is 23.2 Å². The van der Waals surface area contributed by atoms with Gasteiger partial charge in [-0.1, -0.05) is 84.9 Å². The molecule has 1 aromatic heterocycles. The molecule has 0 spiro atoms. The second kappa shape index (κ2) is 17.5. The largest absolute Gasteiger partial charge is 0.465 e. The van der Waals surface area contributed by atoms with Crippen LogP contribution in [0, 0.1) is 0 Å². The number of hydrogen-bond donors (Lipinski definition) is 5. The van der Waals surface area contributed by atoms with Crippen molar-refractivity contribution in [2.24, 2.45) is 11.5 Å². The summed E-state index contributed by atoms with van der Waals surface area (Å²) in [7, 11) is 0. The second-order valence-corrected chi connectivity index (χ2v) is 20.4. The third kappa shape index (κ3) is 7.80. The lowest BCUT2D eigenvalue weighted by Gasteiger charge is -2.44. The highest BCUT2D eigenvalue weighted by Crippen LogP contribution is 2.47. The topological polar surface area (TPSA) is 224 Å². The van der Waals surface area contributed by atoms with Gasteiger partial charge in [-0.3, -0.25) is 29.0 Å². The maximum atomic E-state index is 15.0. The number of aromatic amines is 1. The van der Waals surface area contributed by atoms with E-state index in [0.717, 1.165) is 43.1 Å². The predicted octanol–water partition coefficient (Wildman–Crippen LogP) is 7.97. The van der Waals surface area contributed by atoms with E-state index in [2.05, 4.69) is 4.98 Å². The third-order valence-corrected chi connectivity index (χ3v) is 14.3.